The van der Waals surface area contributed by atoms with E-state index in [4.69, 9.17) is 10.7 Å². The lowest BCUT2D eigenvalue weighted by Crippen LogP contribution is -2.40. The van der Waals surface area contributed by atoms with E-state index in [1.807, 2.05) is 0 Å². The number of aromatic nitrogens is 1. The van der Waals surface area contributed by atoms with Gasteiger partial charge >= 0.3 is 0 Å². The van der Waals surface area contributed by atoms with Gasteiger partial charge in [0.1, 0.15) is 0 Å². The van der Waals surface area contributed by atoms with Gasteiger partial charge in [-0.1, -0.05) is 18.2 Å². The minimum Gasteiger partial charge on any atom is -0.329 e. The number of hydrogen-bond acceptors (Lipinski definition) is 4. The molecule has 118 valence electrons. The maximum Gasteiger partial charge on any atom is 0.0705 e. The molecule has 4 nitrogen and oxygen atoms in total. The van der Waals surface area contributed by atoms with Gasteiger partial charge in [-0.3, -0.25) is 4.98 Å². The summed E-state index contributed by atoms with van der Waals surface area (Å²) in [4.78, 5) is 4.88. The van der Waals surface area contributed by atoms with E-state index in [0.717, 1.165) is 25.0 Å². The van der Waals surface area contributed by atoms with E-state index in [1.54, 1.807) is 0 Å². The number of nitrogens with two attached hydrogens (primary N) is 1. The first-order valence-electron chi connectivity index (χ1n) is 8.33. The molecule has 0 spiro atoms. The number of para-hydroxylation sites is 1. The largest absolute Gasteiger partial charge is 0.329 e. The quantitative estimate of drug-likeness (QED) is 0.715. The number of benzene rings is 1. The van der Waals surface area contributed by atoms with Gasteiger partial charge in [-0.05, 0) is 43.9 Å². The Kier molecular flexibility index (Phi) is 5.03. The van der Waals surface area contributed by atoms with E-state index < -0.39 is 0 Å². The zero-order valence-corrected chi connectivity index (χ0v) is 13.3. The molecule has 0 aliphatic heterocycles. The van der Waals surface area contributed by atoms with Crippen LogP contribution in [0.1, 0.15) is 37.1 Å². The van der Waals surface area contributed by atoms with Crippen molar-refractivity contribution in [1.82, 2.24) is 15.6 Å². The van der Waals surface area contributed by atoms with E-state index >= 15 is 0 Å². The molecule has 0 radical (unpaired) electrons. The van der Waals surface area contributed by atoms with Gasteiger partial charge in [-0.2, -0.15) is 0 Å². The maximum absolute atomic E-state index is 5.52. The molecule has 4 N–H and O–H groups in total. The molecule has 1 heterocycles. The highest BCUT2D eigenvalue weighted by Crippen LogP contribution is 2.31. The van der Waals surface area contributed by atoms with Crippen LogP contribution < -0.4 is 16.4 Å². The van der Waals surface area contributed by atoms with Crippen LogP contribution in [-0.2, 0) is 6.42 Å². The second-order valence-corrected chi connectivity index (χ2v) is 6.22. The average molecular weight is 298 g/mol. The van der Waals surface area contributed by atoms with Gasteiger partial charge in [0, 0.05) is 42.8 Å². The number of nitrogens with zero attached hydrogens (tertiary/aromatic N) is 1. The van der Waals surface area contributed by atoms with Crippen molar-refractivity contribution in [3.8, 4) is 0 Å². The Balaban J connectivity index is 1.77. The molecule has 1 aliphatic rings. The summed E-state index contributed by atoms with van der Waals surface area (Å²) in [6.07, 6.45) is 3.49. The van der Waals surface area contributed by atoms with Crippen LogP contribution in [0, 0.1) is 0 Å². The van der Waals surface area contributed by atoms with Gasteiger partial charge < -0.3 is 16.4 Å². The van der Waals surface area contributed by atoms with Gasteiger partial charge in [0.05, 0.1) is 5.52 Å². The fraction of sp³-hybridized carbons (Fsp3) is 0.500. The minimum atomic E-state index is 0.413. The third-order valence-corrected chi connectivity index (χ3v) is 4.38. The topological polar surface area (TPSA) is 63.0 Å². The molecular formula is C18H26N4. The summed E-state index contributed by atoms with van der Waals surface area (Å²) in [6.45, 7) is 4.74. The molecule has 0 fully saturated rings. The lowest BCUT2D eigenvalue weighted by Gasteiger charge is -2.29. The number of hydrogen-bond donors (Lipinski definition) is 3. The van der Waals surface area contributed by atoms with E-state index in [-0.39, 0.29) is 0 Å². The highest BCUT2D eigenvalue weighted by molar-refractivity contribution is 5.79. The second kappa shape index (κ2) is 7.18. The highest BCUT2D eigenvalue weighted by atomic mass is 15.0. The molecule has 0 saturated carbocycles. The summed E-state index contributed by atoms with van der Waals surface area (Å²) < 4.78 is 0. The van der Waals surface area contributed by atoms with Gasteiger partial charge in [-0.25, -0.2) is 0 Å². The Morgan fingerprint density at radius 3 is 3.09 bits per heavy atom. The second-order valence-electron chi connectivity index (χ2n) is 6.22. The number of aryl methyl sites for hydroxylation is 1. The Bertz CT molecular complexity index is 626. The standard InChI is InChI=1S/C18H26N4/c1-13(12-20-10-9-19)21-17-7-4-8-18-15(17)11-14-5-2-3-6-16(14)22-18/h2-3,5-6,11,13,17,20-21H,4,7-10,12,19H2,1H3. The molecule has 1 aromatic heterocycles. The fourth-order valence-electron chi connectivity index (χ4n) is 3.30. The Morgan fingerprint density at radius 2 is 2.23 bits per heavy atom. The molecule has 1 aromatic carbocycles. The van der Waals surface area contributed by atoms with Crippen molar-refractivity contribution in [3.63, 3.8) is 0 Å². The smallest absolute Gasteiger partial charge is 0.0705 e. The first-order chi connectivity index (χ1) is 10.8. The molecule has 0 amide bonds. The predicted octanol–water partition coefficient (Wildman–Crippen LogP) is 2.14. The van der Waals surface area contributed by atoms with Crippen LogP contribution in [0.4, 0.5) is 0 Å². The first kappa shape index (κ1) is 15.4. The minimum absolute atomic E-state index is 0.413. The summed E-state index contributed by atoms with van der Waals surface area (Å²) in [5.41, 5.74) is 9.29. The van der Waals surface area contributed by atoms with Crippen LogP contribution in [0.15, 0.2) is 30.3 Å². The van der Waals surface area contributed by atoms with Crippen LogP contribution >= 0.6 is 0 Å². The molecule has 1 aliphatic carbocycles. The van der Waals surface area contributed by atoms with Gasteiger partial charge in [0.15, 0.2) is 0 Å². The molecule has 0 saturated heterocycles. The third kappa shape index (κ3) is 3.46. The van der Waals surface area contributed by atoms with Crippen LogP contribution in [0.5, 0.6) is 0 Å². The molecule has 2 atom stereocenters. The molecule has 2 unspecified atom stereocenters. The number of pyridine rings is 1. The Morgan fingerprint density at radius 1 is 1.36 bits per heavy atom. The first-order valence-corrected chi connectivity index (χ1v) is 8.33. The Hall–Kier alpha value is -1.49. The normalized spacial score (nSPS) is 19.1. The highest BCUT2D eigenvalue weighted by Gasteiger charge is 2.22. The number of fused-ring (bicyclic) bond motifs is 2. The zero-order chi connectivity index (χ0) is 15.4. The summed E-state index contributed by atoms with van der Waals surface area (Å²) in [5.74, 6) is 0. The lowest BCUT2D eigenvalue weighted by atomic mass is 9.89. The average Bonchev–Trinajstić information content (AvgIpc) is 2.54. The summed E-state index contributed by atoms with van der Waals surface area (Å²) in [7, 11) is 0. The van der Waals surface area contributed by atoms with Crippen LogP contribution in [0.3, 0.4) is 0 Å². The van der Waals surface area contributed by atoms with Crippen molar-refractivity contribution >= 4 is 10.9 Å². The molecule has 4 heteroatoms. The molecule has 0 bridgehead atoms. The van der Waals surface area contributed by atoms with E-state index in [1.165, 1.54) is 29.5 Å². The van der Waals surface area contributed by atoms with E-state index in [0.29, 0.717) is 18.6 Å². The van der Waals surface area contributed by atoms with Gasteiger partial charge in [0.25, 0.3) is 0 Å². The van der Waals surface area contributed by atoms with Crippen molar-refractivity contribution in [2.24, 2.45) is 5.73 Å². The SMILES string of the molecule is CC(CNCCN)NC1CCCc2nc3ccccc3cc21. The van der Waals surface area contributed by atoms with Gasteiger partial charge in [0.2, 0.25) is 0 Å². The number of nitrogens with one attached hydrogen (secondary N) is 2. The van der Waals surface area contributed by atoms with Crippen molar-refractivity contribution in [3.05, 3.63) is 41.6 Å². The number of rotatable bonds is 6. The van der Waals surface area contributed by atoms with Crippen molar-refractivity contribution < 1.29 is 0 Å². The summed E-state index contributed by atoms with van der Waals surface area (Å²) in [5, 5.41) is 8.37. The summed E-state index contributed by atoms with van der Waals surface area (Å²) >= 11 is 0. The summed E-state index contributed by atoms with van der Waals surface area (Å²) in [6, 6.07) is 11.6. The monoisotopic (exact) mass is 298 g/mol. The van der Waals surface area contributed by atoms with Crippen molar-refractivity contribution in [2.45, 2.75) is 38.3 Å². The van der Waals surface area contributed by atoms with Gasteiger partial charge in [-0.15, -0.1) is 0 Å². The third-order valence-electron chi connectivity index (χ3n) is 4.38. The van der Waals surface area contributed by atoms with Crippen LogP contribution in [-0.4, -0.2) is 30.7 Å². The molecular weight excluding hydrogens is 272 g/mol. The van der Waals surface area contributed by atoms with E-state index in [2.05, 4.69) is 47.9 Å². The van der Waals surface area contributed by atoms with Crippen molar-refractivity contribution in [1.29, 1.82) is 0 Å². The molecule has 22 heavy (non-hydrogen) atoms. The lowest BCUT2D eigenvalue weighted by molar-refractivity contribution is 0.394. The molecule has 2 aromatic rings. The van der Waals surface area contributed by atoms with Crippen molar-refractivity contribution in [2.75, 3.05) is 19.6 Å². The van der Waals surface area contributed by atoms with Crippen LogP contribution in [0.2, 0.25) is 0 Å². The predicted molar refractivity (Wildman–Crippen MR) is 91.9 cm³/mol. The Labute approximate surface area is 132 Å². The zero-order valence-electron chi connectivity index (χ0n) is 13.3. The molecule has 3 rings (SSSR count). The van der Waals surface area contributed by atoms with Crippen LogP contribution in [0.25, 0.3) is 10.9 Å². The van der Waals surface area contributed by atoms with E-state index in [9.17, 15) is 0 Å². The maximum atomic E-state index is 5.52. The fourth-order valence-corrected chi connectivity index (χ4v) is 3.30.